The van der Waals surface area contributed by atoms with Crippen LogP contribution in [0.25, 0.3) is 0 Å². The molecule has 3 rings (SSSR count). The Morgan fingerprint density at radius 2 is 2.25 bits per heavy atom. The van der Waals surface area contributed by atoms with Crippen molar-refractivity contribution in [2.75, 3.05) is 46.5 Å². The summed E-state index contributed by atoms with van der Waals surface area (Å²) in [5, 5.41) is 2.43. The molecule has 1 aromatic heterocycles. The van der Waals surface area contributed by atoms with Crippen molar-refractivity contribution in [3.8, 4) is 0 Å². The van der Waals surface area contributed by atoms with Crippen molar-refractivity contribution < 1.29 is 18.8 Å². The number of carbonyl (C=O) groups excluding carboxylic acids is 1. The van der Waals surface area contributed by atoms with Gasteiger partial charge in [0.1, 0.15) is 5.01 Å². The maximum Gasteiger partial charge on any atom is 0.359 e. The Balaban J connectivity index is 1.75. The van der Waals surface area contributed by atoms with Gasteiger partial charge in [-0.25, -0.2) is 9.78 Å². The highest BCUT2D eigenvalue weighted by atomic mass is 32.2. The van der Waals surface area contributed by atoms with Gasteiger partial charge < -0.3 is 14.0 Å². The summed E-state index contributed by atoms with van der Waals surface area (Å²) in [5.74, 6) is -0.533. The van der Waals surface area contributed by atoms with E-state index in [2.05, 4.69) is 14.3 Å². The van der Waals surface area contributed by atoms with Gasteiger partial charge in [0.25, 0.3) is 0 Å². The van der Waals surface area contributed by atoms with Crippen molar-refractivity contribution in [3.05, 3.63) is 28.4 Å². The molecule has 0 aliphatic carbocycles. The third-order valence-electron chi connectivity index (χ3n) is 3.68. The quantitative estimate of drug-likeness (QED) is 0.541. The zero-order chi connectivity index (χ0) is 16.9. The molecule has 0 radical (unpaired) electrons. The molecule has 0 saturated carbocycles. The molecule has 1 atom stereocenters. The molecular weight excluding hydrogens is 352 g/mol. The number of methoxy groups -OCH3 is 1. The van der Waals surface area contributed by atoms with Gasteiger partial charge in [0, 0.05) is 37.3 Å². The normalized spacial score (nSPS) is 22.1. The van der Waals surface area contributed by atoms with Crippen LogP contribution in [0.1, 0.15) is 5.01 Å². The van der Waals surface area contributed by atoms with E-state index < -0.39 is 17.5 Å². The van der Waals surface area contributed by atoms with Gasteiger partial charge >= 0.3 is 5.97 Å². The molecular formula is C14H18N4O4S2. The standard InChI is InChI=1S/C14H18N4O4S2/c1-21-14(19)12-10-11(13-15-2-9-23-13)16-24(20)18(12)4-3-17-5-7-22-8-6-17/h2,9-10H,3-8H2,1H3. The summed E-state index contributed by atoms with van der Waals surface area (Å²) < 4.78 is 28.3. The molecule has 10 heteroatoms. The summed E-state index contributed by atoms with van der Waals surface area (Å²) in [6, 6.07) is 0. The third-order valence-corrected chi connectivity index (χ3v) is 5.58. The van der Waals surface area contributed by atoms with Gasteiger partial charge in [-0.05, 0) is 4.40 Å². The lowest BCUT2D eigenvalue weighted by atomic mass is 10.3. The molecule has 2 aliphatic heterocycles. The van der Waals surface area contributed by atoms with Crippen LogP contribution in [-0.2, 0) is 25.8 Å². The van der Waals surface area contributed by atoms with Crippen LogP contribution in [0.5, 0.6) is 0 Å². The van der Waals surface area contributed by atoms with E-state index in [-0.39, 0.29) is 5.70 Å². The molecule has 1 saturated heterocycles. The fourth-order valence-corrected chi connectivity index (χ4v) is 4.01. The Hall–Kier alpha value is -1.46. The first-order chi connectivity index (χ1) is 11.7. The van der Waals surface area contributed by atoms with E-state index in [4.69, 9.17) is 9.47 Å². The van der Waals surface area contributed by atoms with Crippen LogP contribution in [0.3, 0.4) is 0 Å². The molecule has 130 valence electrons. The zero-order valence-corrected chi connectivity index (χ0v) is 14.8. The van der Waals surface area contributed by atoms with Crippen molar-refractivity contribution in [2.24, 2.45) is 4.40 Å². The fourth-order valence-electron chi connectivity index (χ4n) is 2.42. The Morgan fingerprint density at radius 3 is 2.92 bits per heavy atom. The highest BCUT2D eigenvalue weighted by molar-refractivity contribution is 7.88. The van der Waals surface area contributed by atoms with Crippen LogP contribution in [0.4, 0.5) is 0 Å². The van der Waals surface area contributed by atoms with Crippen LogP contribution in [0.2, 0.25) is 0 Å². The molecule has 8 nitrogen and oxygen atoms in total. The first kappa shape index (κ1) is 17.4. The van der Waals surface area contributed by atoms with Crippen molar-refractivity contribution in [1.82, 2.24) is 14.2 Å². The topological polar surface area (TPSA) is 90.3 Å². The van der Waals surface area contributed by atoms with Gasteiger partial charge in [-0.15, -0.1) is 11.3 Å². The average Bonchev–Trinajstić information content (AvgIpc) is 3.15. The van der Waals surface area contributed by atoms with Gasteiger partial charge in [0.05, 0.1) is 26.9 Å². The van der Waals surface area contributed by atoms with Crippen LogP contribution in [0, 0.1) is 0 Å². The van der Waals surface area contributed by atoms with Gasteiger partial charge in [-0.3, -0.25) is 4.90 Å². The Bertz CT molecular complexity index is 629. The van der Waals surface area contributed by atoms with Crippen LogP contribution >= 0.6 is 11.3 Å². The largest absolute Gasteiger partial charge is 0.566 e. The number of aromatic nitrogens is 1. The summed E-state index contributed by atoms with van der Waals surface area (Å²) in [7, 11) is 1.31. The zero-order valence-electron chi connectivity index (χ0n) is 13.2. The van der Waals surface area contributed by atoms with Crippen LogP contribution < -0.4 is 0 Å². The molecule has 0 amide bonds. The monoisotopic (exact) mass is 370 g/mol. The van der Waals surface area contributed by atoms with Gasteiger partial charge in [0.2, 0.25) is 11.5 Å². The van der Waals surface area contributed by atoms with Crippen molar-refractivity contribution in [1.29, 1.82) is 0 Å². The molecule has 3 heterocycles. The van der Waals surface area contributed by atoms with E-state index in [0.29, 0.717) is 37.0 Å². The lowest BCUT2D eigenvalue weighted by Crippen LogP contribution is -2.44. The second-order valence-electron chi connectivity index (χ2n) is 5.12. The Morgan fingerprint density at radius 1 is 1.46 bits per heavy atom. The summed E-state index contributed by atoms with van der Waals surface area (Å²) in [4.78, 5) is 18.5. The number of rotatable bonds is 5. The van der Waals surface area contributed by atoms with E-state index >= 15 is 0 Å². The predicted octanol–water partition coefficient (Wildman–Crippen LogP) is 0.216. The van der Waals surface area contributed by atoms with E-state index in [1.807, 2.05) is 0 Å². The number of carbonyl (C=O) groups is 1. The first-order valence-electron chi connectivity index (χ1n) is 7.47. The lowest BCUT2D eigenvalue weighted by Gasteiger charge is -2.30. The highest BCUT2D eigenvalue weighted by Crippen LogP contribution is 2.23. The maximum atomic E-state index is 12.5. The van der Waals surface area contributed by atoms with Crippen molar-refractivity contribution >= 4 is 34.6 Å². The minimum absolute atomic E-state index is 0.240. The number of ether oxygens (including phenoxy) is 2. The SMILES string of the molecule is COC(=O)C1=CC(c2nccs2)=N[S+]([O-])N1CCN1CCOCC1. The molecule has 24 heavy (non-hydrogen) atoms. The van der Waals surface area contributed by atoms with Gasteiger partial charge in [-0.1, -0.05) is 0 Å². The van der Waals surface area contributed by atoms with Crippen molar-refractivity contribution in [3.63, 3.8) is 0 Å². The number of thiazole rings is 1. The molecule has 0 spiro atoms. The smallest absolute Gasteiger partial charge is 0.359 e. The van der Waals surface area contributed by atoms with Gasteiger partial charge in [-0.2, -0.15) is 4.31 Å². The molecule has 2 aliphatic rings. The lowest BCUT2D eigenvalue weighted by molar-refractivity contribution is -0.137. The number of hydrogen-bond acceptors (Lipinski definition) is 9. The molecule has 1 aromatic rings. The summed E-state index contributed by atoms with van der Waals surface area (Å²) >= 11 is -0.312. The summed E-state index contributed by atoms with van der Waals surface area (Å²) in [6.07, 6.45) is 3.23. The second kappa shape index (κ2) is 8.08. The number of nitrogens with zero attached hydrogens (tertiary/aromatic N) is 4. The van der Waals surface area contributed by atoms with Crippen molar-refractivity contribution in [2.45, 2.75) is 0 Å². The summed E-state index contributed by atoms with van der Waals surface area (Å²) in [6.45, 7) is 4.12. The molecule has 0 aromatic carbocycles. The average molecular weight is 370 g/mol. The number of allylic oxidation sites excluding steroid dienone is 1. The molecule has 0 N–H and O–H groups in total. The van der Waals surface area contributed by atoms with E-state index in [9.17, 15) is 9.35 Å². The third kappa shape index (κ3) is 3.95. The van der Waals surface area contributed by atoms with Crippen LogP contribution in [0.15, 0.2) is 27.7 Å². The predicted molar refractivity (Wildman–Crippen MR) is 90.9 cm³/mol. The molecule has 0 bridgehead atoms. The minimum atomic E-state index is -1.69. The maximum absolute atomic E-state index is 12.5. The summed E-state index contributed by atoms with van der Waals surface area (Å²) in [5.41, 5.74) is 0.677. The number of hydrogen-bond donors (Lipinski definition) is 0. The molecule has 1 unspecified atom stereocenters. The first-order valence-corrected chi connectivity index (χ1v) is 9.41. The second-order valence-corrected chi connectivity index (χ2v) is 7.10. The Kier molecular flexibility index (Phi) is 5.85. The van der Waals surface area contributed by atoms with Gasteiger partial charge in [0.15, 0.2) is 11.4 Å². The molecule has 1 fully saturated rings. The highest BCUT2D eigenvalue weighted by Gasteiger charge is 2.34. The number of esters is 1. The number of morpholine rings is 1. The minimum Gasteiger partial charge on any atom is -0.566 e. The van der Waals surface area contributed by atoms with E-state index in [0.717, 1.165) is 13.1 Å². The van der Waals surface area contributed by atoms with E-state index in [1.165, 1.54) is 22.8 Å². The fraction of sp³-hybridized carbons (Fsp3) is 0.500. The van der Waals surface area contributed by atoms with Crippen LogP contribution in [-0.4, -0.2) is 76.9 Å². The van der Waals surface area contributed by atoms with E-state index in [1.54, 1.807) is 17.7 Å². The Labute approximate surface area is 147 Å².